The molecule has 0 amide bonds. The van der Waals surface area contributed by atoms with Crippen molar-refractivity contribution in [3.8, 4) is 0 Å². The quantitative estimate of drug-likeness (QED) is 0.651. The fraction of sp³-hybridized carbons (Fsp3) is 1.00. The predicted molar refractivity (Wildman–Crippen MR) is 37.2 cm³/mol. The Bertz CT molecular complexity index is 48.9. The van der Waals surface area contributed by atoms with Gasteiger partial charge in [-0.3, -0.25) is 0 Å². The van der Waals surface area contributed by atoms with Crippen LogP contribution in [0.3, 0.4) is 0 Å². The third-order valence-corrected chi connectivity index (χ3v) is 4.01. The molecule has 52 valence electrons. The Hall–Kier alpha value is 0.478. The van der Waals surface area contributed by atoms with Gasteiger partial charge in [0.25, 0.3) is 0 Å². The van der Waals surface area contributed by atoms with Crippen LogP contribution >= 0.6 is 0 Å². The van der Waals surface area contributed by atoms with E-state index in [9.17, 15) is 0 Å². The van der Waals surface area contributed by atoms with E-state index < -0.39 is 13.6 Å². The second kappa shape index (κ2) is 4.37. The molecule has 0 unspecified atom stereocenters. The van der Waals surface area contributed by atoms with Gasteiger partial charge in [0.15, 0.2) is 0 Å². The van der Waals surface area contributed by atoms with Gasteiger partial charge in [0.2, 0.25) is 0 Å². The molecule has 2 nitrogen and oxygen atoms in total. The zero-order valence-electron chi connectivity index (χ0n) is 5.76. The Balaban J connectivity index is 0. The van der Waals surface area contributed by atoms with Crippen molar-refractivity contribution in [1.82, 2.24) is 0 Å². The van der Waals surface area contributed by atoms with Crippen molar-refractivity contribution in [3.05, 3.63) is 0 Å². The van der Waals surface area contributed by atoms with Crippen molar-refractivity contribution in [2.45, 2.75) is 22.3 Å². The van der Waals surface area contributed by atoms with Gasteiger partial charge in [-0.1, -0.05) is 0 Å². The Morgan fingerprint density at radius 2 is 1.62 bits per heavy atom. The predicted octanol–water partition coefficient (Wildman–Crippen LogP) is 1.14. The van der Waals surface area contributed by atoms with Crippen molar-refractivity contribution in [1.29, 1.82) is 0 Å². The summed E-state index contributed by atoms with van der Waals surface area (Å²) in [6, 6.07) is 0. The standard InChI is InChI=1S/C5H14AsO.H2O/c1-6(2,3)4-5-7;/h7H,4-5H2,1-3H3;1H2/q+1;/p-1. The third-order valence-electron chi connectivity index (χ3n) is 0.771. The van der Waals surface area contributed by atoms with Crippen molar-refractivity contribution < 1.29 is 10.6 Å². The van der Waals surface area contributed by atoms with Gasteiger partial charge in [-0.25, -0.2) is 0 Å². The molecule has 0 bridgehead atoms. The van der Waals surface area contributed by atoms with Gasteiger partial charge in [-0.05, 0) is 0 Å². The molecule has 2 N–H and O–H groups in total. The number of aliphatic hydroxyl groups excluding tert-OH is 1. The van der Waals surface area contributed by atoms with Crippen LogP contribution in [0.4, 0.5) is 0 Å². The summed E-state index contributed by atoms with van der Waals surface area (Å²) in [5, 5.41) is 9.51. The zero-order valence-corrected chi connectivity index (χ0v) is 7.63. The van der Waals surface area contributed by atoms with Crippen LogP contribution in [0.5, 0.6) is 0 Å². The van der Waals surface area contributed by atoms with Crippen molar-refractivity contribution in [2.24, 2.45) is 0 Å². The summed E-state index contributed by atoms with van der Waals surface area (Å²) in [4.78, 5) is 0. The van der Waals surface area contributed by atoms with Crippen LogP contribution in [0.25, 0.3) is 0 Å². The minimum absolute atomic E-state index is 0. The first-order valence-electron chi connectivity index (χ1n) is 2.47. The second-order valence-corrected chi connectivity index (χ2v) is 13.3. The Morgan fingerprint density at radius 3 is 1.62 bits per heavy atom. The topological polar surface area (TPSA) is 50.2 Å². The maximum absolute atomic E-state index is 8.44. The van der Waals surface area contributed by atoms with Crippen LogP contribution in [0.1, 0.15) is 0 Å². The van der Waals surface area contributed by atoms with E-state index in [4.69, 9.17) is 5.11 Å². The molecular weight excluding hydrogens is 167 g/mol. The van der Waals surface area contributed by atoms with Gasteiger partial charge >= 0.3 is 47.6 Å². The van der Waals surface area contributed by atoms with Gasteiger partial charge in [-0.15, -0.1) is 0 Å². The molecule has 0 aliphatic heterocycles. The molecule has 0 heterocycles. The van der Waals surface area contributed by atoms with E-state index in [0.29, 0.717) is 6.61 Å². The molecule has 0 aromatic heterocycles. The summed E-state index contributed by atoms with van der Waals surface area (Å²) < 4.78 is 0. The van der Waals surface area contributed by atoms with Gasteiger partial charge < -0.3 is 5.48 Å². The van der Waals surface area contributed by atoms with Crippen molar-refractivity contribution >= 4 is 13.6 Å². The summed E-state index contributed by atoms with van der Waals surface area (Å²) >= 11 is -1.19. The number of hydrogen-bond acceptors (Lipinski definition) is 2. The molecule has 0 aliphatic carbocycles. The number of hydrogen-bond donors (Lipinski definition) is 1. The average molecular weight is 182 g/mol. The molecule has 0 saturated carbocycles. The summed E-state index contributed by atoms with van der Waals surface area (Å²) in [6.45, 7) is 0.385. The summed E-state index contributed by atoms with van der Waals surface area (Å²) in [5.74, 6) is 0. The molecule has 0 fully saturated rings. The van der Waals surface area contributed by atoms with E-state index in [1.54, 1.807) is 0 Å². The molecule has 0 aliphatic rings. The Kier molecular flexibility index (Phi) is 6.17. The average Bonchev–Trinajstić information content (AvgIpc) is 1.30. The molecule has 3 heteroatoms. The van der Waals surface area contributed by atoms with Crippen molar-refractivity contribution in [3.63, 3.8) is 0 Å². The maximum atomic E-state index is 8.44. The molecule has 0 aromatic rings. The smallest absolute Gasteiger partial charge is 0.870 e. The summed E-state index contributed by atoms with van der Waals surface area (Å²) in [5.41, 5.74) is 6.86. The van der Waals surface area contributed by atoms with Crippen molar-refractivity contribution in [2.75, 3.05) is 6.61 Å². The largest absolute Gasteiger partial charge is 0.870 e. The maximum Gasteiger partial charge on any atom is -0.870 e. The SMILES string of the molecule is C[As+](C)(C)CCO.[OH-]. The zero-order chi connectivity index (χ0) is 5.91. The van der Waals surface area contributed by atoms with E-state index in [-0.39, 0.29) is 5.48 Å². The number of rotatable bonds is 2. The van der Waals surface area contributed by atoms with Gasteiger partial charge in [-0.2, -0.15) is 0 Å². The van der Waals surface area contributed by atoms with Gasteiger partial charge in [0, 0.05) is 0 Å². The molecule has 0 atom stereocenters. The normalized spacial score (nSPS) is 10.5. The van der Waals surface area contributed by atoms with Crippen LogP contribution in [0.2, 0.25) is 22.3 Å². The minimum Gasteiger partial charge on any atom is -0.870 e. The third kappa shape index (κ3) is 9.69. The van der Waals surface area contributed by atoms with E-state index in [1.165, 1.54) is 0 Å². The fourth-order valence-corrected chi connectivity index (χ4v) is 1.56. The summed E-state index contributed by atoms with van der Waals surface area (Å²) in [7, 11) is 0. The molecule has 0 spiro atoms. The second-order valence-electron chi connectivity index (χ2n) is 2.74. The van der Waals surface area contributed by atoms with Crippen LogP contribution in [0.15, 0.2) is 0 Å². The Labute approximate surface area is 53.7 Å². The molecule has 0 saturated heterocycles. The molecule has 0 rings (SSSR count). The van der Waals surface area contributed by atoms with Crippen LogP contribution < -0.4 is 0 Å². The first-order valence-corrected chi connectivity index (χ1v) is 9.43. The van der Waals surface area contributed by atoms with E-state index in [2.05, 4.69) is 17.1 Å². The van der Waals surface area contributed by atoms with Gasteiger partial charge in [0.1, 0.15) is 0 Å². The van der Waals surface area contributed by atoms with E-state index in [1.807, 2.05) is 0 Å². The van der Waals surface area contributed by atoms with E-state index in [0.717, 1.165) is 5.21 Å². The Morgan fingerprint density at radius 1 is 1.25 bits per heavy atom. The monoisotopic (exact) mass is 182 g/mol. The number of aliphatic hydroxyl groups is 1. The van der Waals surface area contributed by atoms with Crippen LogP contribution in [-0.4, -0.2) is 30.7 Å². The molecule has 8 heavy (non-hydrogen) atoms. The summed E-state index contributed by atoms with van der Waals surface area (Å²) in [6.07, 6.45) is 0. The first-order chi connectivity index (χ1) is 3.06. The first kappa shape index (κ1) is 11.3. The van der Waals surface area contributed by atoms with Crippen LogP contribution in [-0.2, 0) is 0 Å². The van der Waals surface area contributed by atoms with E-state index >= 15 is 0 Å². The minimum atomic E-state index is -1.19. The molecule has 0 aromatic carbocycles. The van der Waals surface area contributed by atoms with Crippen LogP contribution in [0, 0.1) is 0 Å². The fourth-order valence-electron chi connectivity index (χ4n) is 0.300. The molecule has 0 radical (unpaired) electrons. The molecular formula is C5H15AsO2. The van der Waals surface area contributed by atoms with Gasteiger partial charge in [0.05, 0.1) is 0 Å².